The summed E-state index contributed by atoms with van der Waals surface area (Å²) >= 11 is 1.57. The first kappa shape index (κ1) is 21.9. The Bertz CT molecular complexity index is 1140. The molecular weight excluding hydrogens is 430 g/mol. The molecule has 0 spiro atoms. The molecule has 1 atom stereocenters. The topological polar surface area (TPSA) is 70.6 Å². The molecule has 3 aromatic rings. The molecule has 1 amide bonds. The van der Waals surface area contributed by atoms with Gasteiger partial charge in [-0.2, -0.15) is 4.31 Å². The molecule has 1 aromatic heterocycles. The number of para-hydroxylation sites is 1. The van der Waals surface area contributed by atoms with Crippen molar-refractivity contribution in [3.63, 3.8) is 0 Å². The minimum atomic E-state index is -3.70. The molecule has 8 heteroatoms. The van der Waals surface area contributed by atoms with E-state index in [1.807, 2.05) is 38.1 Å². The minimum absolute atomic E-state index is 0.0840. The van der Waals surface area contributed by atoms with Crippen LogP contribution in [0, 0.1) is 0 Å². The smallest absolute Gasteiger partial charge is 0.253 e. The molecule has 2 heterocycles. The van der Waals surface area contributed by atoms with Gasteiger partial charge in [-0.1, -0.05) is 18.6 Å². The number of benzene rings is 2. The van der Waals surface area contributed by atoms with E-state index in [-0.39, 0.29) is 16.8 Å². The molecule has 0 N–H and O–H groups in total. The van der Waals surface area contributed by atoms with Gasteiger partial charge in [-0.05, 0) is 63.1 Å². The summed E-state index contributed by atoms with van der Waals surface area (Å²) in [5, 5.41) is 0.845. The van der Waals surface area contributed by atoms with Crippen molar-refractivity contribution in [2.24, 2.45) is 0 Å². The Morgan fingerprint density at radius 1 is 1.10 bits per heavy atom. The highest BCUT2D eigenvalue weighted by Gasteiger charge is 2.36. The zero-order chi connectivity index (χ0) is 22.0. The van der Waals surface area contributed by atoms with Crippen molar-refractivity contribution in [2.75, 3.05) is 19.6 Å². The van der Waals surface area contributed by atoms with Crippen LogP contribution in [0.25, 0.3) is 10.2 Å². The Hall–Kier alpha value is -2.29. The third kappa shape index (κ3) is 4.24. The number of carbonyl (C=O) groups is 1. The first-order valence-electron chi connectivity index (χ1n) is 10.7. The zero-order valence-corrected chi connectivity index (χ0v) is 19.5. The predicted octanol–water partition coefficient (Wildman–Crippen LogP) is 4.69. The predicted molar refractivity (Wildman–Crippen MR) is 124 cm³/mol. The third-order valence-corrected chi connectivity index (χ3v) is 8.87. The maximum Gasteiger partial charge on any atom is 0.253 e. The minimum Gasteiger partial charge on any atom is -0.339 e. The van der Waals surface area contributed by atoms with Gasteiger partial charge < -0.3 is 4.90 Å². The average Bonchev–Trinajstić information content (AvgIpc) is 3.24. The summed E-state index contributed by atoms with van der Waals surface area (Å²) in [7, 11) is -3.70. The molecule has 0 saturated carbocycles. The van der Waals surface area contributed by atoms with Gasteiger partial charge in [-0.15, -0.1) is 11.3 Å². The van der Waals surface area contributed by atoms with Gasteiger partial charge in [-0.25, -0.2) is 13.4 Å². The van der Waals surface area contributed by atoms with Gasteiger partial charge in [0.05, 0.1) is 21.2 Å². The lowest BCUT2D eigenvalue weighted by molar-refractivity contribution is 0.0773. The van der Waals surface area contributed by atoms with E-state index in [1.54, 1.807) is 44.8 Å². The van der Waals surface area contributed by atoms with Crippen LogP contribution < -0.4 is 0 Å². The number of thiazole rings is 1. The third-order valence-electron chi connectivity index (χ3n) is 5.81. The normalized spacial score (nSPS) is 17.7. The lowest BCUT2D eigenvalue weighted by Crippen LogP contribution is -2.38. The summed E-state index contributed by atoms with van der Waals surface area (Å²) in [6.45, 7) is 5.57. The summed E-state index contributed by atoms with van der Waals surface area (Å²) in [5.74, 6) is -0.0840. The molecule has 6 nitrogen and oxygen atoms in total. The lowest BCUT2D eigenvalue weighted by atomic mass is 10.1. The first-order valence-corrected chi connectivity index (χ1v) is 13.0. The Morgan fingerprint density at radius 2 is 1.81 bits per heavy atom. The molecule has 0 aliphatic carbocycles. The Labute approximate surface area is 187 Å². The van der Waals surface area contributed by atoms with Crippen LogP contribution in [-0.4, -0.2) is 48.1 Å². The van der Waals surface area contributed by atoms with Gasteiger partial charge in [0.2, 0.25) is 10.0 Å². The number of piperidine rings is 1. The summed E-state index contributed by atoms with van der Waals surface area (Å²) in [6.07, 6.45) is 2.57. The van der Waals surface area contributed by atoms with E-state index in [2.05, 4.69) is 0 Å². The quantitative estimate of drug-likeness (QED) is 0.538. The fraction of sp³-hybridized carbons (Fsp3) is 0.391. The number of amides is 1. The summed E-state index contributed by atoms with van der Waals surface area (Å²) in [6, 6.07) is 14.0. The van der Waals surface area contributed by atoms with Crippen molar-refractivity contribution in [3.05, 3.63) is 59.1 Å². The molecule has 1 aliphatic heterocycles. The number of rotatable bonds is 6. The number of carbonyl (C=O) groups excluding carboxylic acids is 1. The highest BCUT2D eigenvalue weighted by atomic mass is 32.2. The Morgan fingerprint density at radius 3 is 2.48 bits per heavy atom. The highest BCUT2D eigenvalue weighted by Crippen LogP contribution is 2.38. The lowest BCUT2D eigenvalue weighted by Gasteiger charge is -2.33. The number of fused-ring (bicyclic) bond motifs is 1. The average molecular weight is 458 g/mol. The zero-order valence-electron chi connectivity index (χ0n) is 17.8. The van der Waals surface area contributed by atoms with Crippen LogP contribution >= 0.6 is 11.3 Å². The standard InChI is InChI=1S/C23H27N3O3S2/c1-3-25(4-2)23(27)17-12-14-18(15-13-17)31(28,29)26-16-8-7-10-20(26)22-24-19-9-5-6-11-21(19)30-22/h5-6,9,11-15,20H,3-4,7-8,10,16H2,1-2H3. The van der Waals surface area contributed by atoms with Gasteiger partial charge in [0.25, 0.3) is 5.91 Å². The SMILES string of the molecule is CCN(CC)C(=O)c1ccc(S(=O)(=O)N2CCCCC2c2nc3ccccc3s2)cc1. The van der Waals surface area contributed by atoms with E-state index in [0.717, 1.165) is 34.5 Å². The fourth-order valence-electron chi connectivity index (χ4n) is 4.07. The fourth-order valence-corrected chi connectivity index (χ4v) is 6.91. The van der Waals surface area contributed by atoms with Crippen LogP contribution in [0.2, 0.25) is 0 Å². The second kappa shape index (κ2) is 9.06. The molecule has 164 valence electrons. The number of nitrogens with zero attached hydrogens (tertiary/aromatic N) is 3. The van der Waals surface area contributed by atoms with Gasteiger partial charge in [0.1, 0.15) is 5.01 Å². The molecule has 1 fully saturated rings. The van der Waals surface area contributed by atoms with Crippen molar-refractivity contribution in [1.29, 1.82) is 0 Å². The van der Waals surface area contributed by atoms with Gasteiger partial charge >= 0.3 is 0 Å². The second-order valence-corrected chi connectivity index (χ2v) is 10.6. The van der Waals surface area contributed by atoms with Crippen molar-refractivity contribution in [2.45, 2.75) is 44.0 Å². The summed E-state index contributed by atoms with van der Waals surface area (Å²) < 4.78 is 29.7. The number of sulfonamides is 1. The molecule has 1 aliphatic rings. The second-order valence-electron chi connectivity index (χ2n) is 7.65. The first-order chi connectivity index (χ1) is 15.0. The number of hydrogen-bond acceptors (Lipinski definition) is 5. The number of hydrogen-bond donors (Lipinski definition) is 0. The van der Waals surface area contributed by atoms with Gasteiger partial charge in [0, 0.05) is 25.2 Å². The molecular formula is C23H27N3O3S2. The van der Waals surface area contributed by atoms with Crippen LogP contribution in [0.15, 0.2) is 53.4 Å². The molecule has 0 bridgehead atoms. The highest BCUT2D eigenvalue weighted by molar-refractivity contribution is 7.89. The summed E-state index contributed by atoms with van der Waals surface area (Å²) in [4.78, 5) is 19.2. The van der Waals surface area contributed by atoms with E-state index >= 15 is 0 Å². The molecule has 0 radical (unpaired) electrons. The van der Waals surface area contributed by atoms with E-state index < -0.39 is 10.0 Å². The van der Waals surface area contributed by atoms with E-state index in [9.17, 15) is 13.2 Å². The Kier molecular flexibility index (Phi) is 6.41. The monoisotopic (exact) mass is 457 g/mol. The molecule has 1 saturated heterocycles. The molecule has 4 rings (SSSR count). The van der Waals surface area contributed by atoms with E-state index in [1.165, 1.54) is 0 Å². The van der Waals surface area contributed by atoms with Crippen molar-refractivity contribution in [1.82, 2.24) is 14.2 Å². The summed E-state index contributed by atoms with van der Waals surface area (Å²) in [5.41, 5.74) is 1.41. The molecule has 1 unspecified atom stereocenters. The maximum absolute atomic E-state index is 13.5. The van der Waals surface area contributed by atoms with Crippen molar-refractivity contribution >= 4 is 37.5 Å². The van der Waals surface area contributed by atoms with Crippen LogP contribution in [0.4, 0.5) is 0 Å². The molecule has 2 aromatic carbocycles. The largest absolute Gasteiger partial charge is 0.339 e. The Balaban J connectivity index is 1.63. The van der Waals surface area contributed by atoms with Crippen LogP contribution in [0.5, 0.6) is 0 Å². The van der Waals surface area contributed by atoms with E-state index in [4.69, 9.17) is 4.98 Å². The van der Waals surface area contributed by atoms with E-state index in [0.29, 0.717) is 25.2 Å². The van der Waals surface area contributed by atoms with Gasteiger partial charge in [-0.3, -0.25) is 4.79 Å². The maximum atomic E-state index is 13.5. The number of aromatic nitrogens is 1. The van der Waals surface area contributed by atoms with Gasteiger partial charge in [0.15, 0.2) is 0 Å². The van der Waals surface area contributed by atoms with Crippen LogP contribution in [0.1, 0.15) is 54.5 Å². The van der Waals surface area contributed by atoms with Crippen LogP contribution in [0.3, 0.4) is 0 Å². The molecule has 31 heavy (non-hydrogen) atoms. The van der Waals surface area contributed by atoms with Crippen LogP contribution in [-0.2, 0) is 10.0 Å². The van der Waals surface area contributed by atoms with Crippen molar-refractivity contribution < 1.29 is 13.2 Å². The van der Waals surface area contributed by atoms with Crippen molar-refractivity contribution in [3.8, 4) is 0 Å².